The Kier molecular flexibility index (Phi) is 3.60. The molecule has 1 saturated carbocycles. The molecule has 1 N–H and O–H groups in total. The molecule has 2 fully saturated rings. The van der Waals surface area contributed by atoms with Crippen molar-refractivity contribution in [1.29, 1.82) is 5.26 Å². The van der Waals surface area contributed by atoms with E-state index in [1.165, 1.54) is 25.7 Å². The lowest BCUT2D eigenvalue weighted by molar-refractivity contribution is 0.372. The highest BCUT2D eigenvalue weighted by Gasteiger charge is 2.32. The molecule has 0 spiro atoms. The fourth-order valence-electron chi connectivity index (χ4n) is 2.69. The van der Waals surface area contributed by atoms with Crippen LogP contribution in [-0.4, -0.2) is 35.6 Å². The molecule has 19 heavy (non-hydrogen) atoms. The van der Waals surface area contributed by atoms with Crippen LogP contribution in [0, 0.1) is 17.2 Å². The predicted molar refractivity (Wildman–Crippen MR) is 72.7 cm³/mol. The van der Waals surface area contributed by atoms with E-state index < -0.39 is 0 Å². The van der Waals surface area contributed by atoms with Crippen molar-refractivity contribution >= 4 is 5.82 Å². The van der Waals surface area contributed by atoms with Gasteiger partial charge in [-0.05, 0) is 44.7 Å². The standard InChI is InChI=1S/C14H19N5/c15-7-12-8-18-14(9-17-12)19(13-1-2-13)10-11-3-5-16-6-4-11/h8-9,11,13,16H,1-6,10H2. The van der Waals surface area contributed by atoms with Gasteiger partial charge in [0, 0.05) is 12.6 Å². The molecule has 1 aliphatic heterocycles. The summed E-state index contributed by atoms with van der Waals surface area (Å²) in [5.74, 6) is 1.68. The minimum absolute atomic E-state index is 0.390. The molecule has 0 bridgehead atoms. The van der Waals surface area contributed by atoms with Crippen LogP contribution in [0.25, 0.3) is 0 Å². The summed E-state index contributed by atoms with van der Waals surface area (Å²) in [7, 11) is 0. The topological polar surface area (TPSA) is 64.8 Å². The Labute approximate surface area is 113 Å². The molecule has 1 aliphatic carbocycles. The largest absolute Gasteiger partial charge is 0.352 e. The van der Waals surface area contributed by atoms with E-state index in [9.17, 15) is 0 Å². The van der Waals surface area contributed by atoms with E-state index >= 15 is 0 Å². The van der Waals surface area contributed by atoms with Crippen molar-refractivity contribution in [2.45, 2.75) is 31.7 Å². The van der Waals surface area contributed by atoms with Gasteiger partial charge in [0.05, 0.1) is 12.4 Å². The van der Waals surface area contributed by atoms with Crippen molar-refractivity contribution in [1.82, 2.24) is 15.3 Å². The smallest absolute Gasteiger partial charge is 0.158 e. The third kappa shape index (κ3) is 3.02. The summed E-state index contributed by atoms with van der Waals surface area (Å²) in [6, 6.07) is 2.66. The zero-order valence-electron chi connectivity index (χ0n) is 11.0. The van der Waals surface area contributed by atoms with Gasteiger partial charge in [0.25, 0.3) is 0 Å². The SMILES string of the molecule is N#Cc1cnc(N(CC2CCNCC2)C2CC2)cn1. The molecule has 0 radical (unpaired) electrons. The van der Waals surface area contributed by atoms with E-state index in [2.05, 4.69) is 20.2 Å². The fraction of sp³-hybridized carbons (Fsp3) is 0.643. The molecular formula is C14H19N5. The van der Waals surface area contributed by atoms with Crippen molar-refractivity contribution < 1.29 is 0 Å². The Morgan fingerprint density at radius 1 is 1.21 bits per heavy atom. The van der Waals surface area contributed by atoms with Gasteiger partial charge in [-0.2, -0.15) is 5.26 Å². The summed E-state index contributed by atoms with van der Waals surface area (Å²) >= 11 is 0. The van der Waals surface area contributed by atoms with Crippen LogP contribution in [0.4, 0.5) is 5.82 Å². The molecule has 5 nitrogen and oxygen atoms in total. The van der Waals surface area contributed by atoms with Crippen LogP contribution in [0.15, 0.2) is 12.4 Å². The van der Waals surface area contributed by atoms with Crippen LogP contribution >= 0.6 is 0 Å². The normalized spacial score (nSPS) is 19.9. The van der Waals surface area contributed by atoms with E-state index in [1.807, 2.05) is 6.07 Å². The van der Waals surface area contributed by atoms with Crippen molar-refractivity contribution in [2.75, 3.05) is 24.5 Å². The highest BCUT2D eigenvalue weighted by atomic mass is 15.2. The van der Waals surface area contributed by atoms with Gasteiger partial charge >= 0.3 is 0 Å². The second kappa shape index (κ2) is 5.54. The molecule has 2 aliphatic rings. The summed E-state index contributed by atoms with van der Waals surface area (Å²) < 4.78 is 0. The van der Waals surface area contributed by atoms with E-state index in [-0.39, 0.29) is 0 Å². The van der Waals surface area contributed by atoms with Crippen molar-refractivity contribution in [3.63, 3.8) is 0 Å². The first-order valence-electron chi connectivity index (χ1n) is 7.06. The Bertz CT molecular complexity index is 454. The van der Waals surface area contributed by atoms with Gasteiger partial charge in [-0.1, -0.05) is 0 Å². The predicted octanol–water partition coefficient (Wildman–Crippen LogP) is 1.32. The van der Waals surface area contributed by atoms with Gasteiger partial charge < -0.3 is 10.2 Å². The second-order valence-corrected chi connectivity index (χ2v) is 5.45. The zero-order valence-corrected chi connectivity index (χ0v) is 11.0. The third-order valence-electron chi connectivity index (χ3n) is 3.95. The number of nitrogens with zero attached hydrogens (tertiary/aromatic N) is 4. The first-order chi connectivity index (χ1) is 9.36. The lowest BCUT2D eigenvalue weighted by Gasteiger charge is -2.30. The molecule has 1 saturated heterocycles. The maximum atomic E-state index is 8.78. The van der Waals surface area contributed by atoms with Crippen LogP contribution in [0.2, 0.25) is 0 Å². The molecule has 2 heterocycles. The average Bonchev–Trinajstić information content (AvgIpc) is 3.31. The molecular weight excluding hydrogens is 238 g/mol. The second-order valence-electron chi connectivity index (χ2n) is 5.45. The maximum Gasteiger partial charge on any atom is 0.158 e. The number of hydrogen-bond acceptors (Lipinski definition) is 5. The quantitative estimate of drug-likeness (QED) is 0.881. The summed E-state index contributed by atoms with van der Waals surface area (Å²) in [4.78, 5) is 10.9. The van der Waals surface area contributed by atoms with E-state index in [4.69, 9.17) is 5.26 Å². The highest BCUT2D eigenvalue weighted by molar-refractivity contribution is 5.40. The third-order valence-corrected chi connectivity index (χ3v) is 3.95. The van der Waals surface area contributed by atoms with Crippen molar-refractivity contribution in [3.05, 3.63) is 18.1 Å². The zero-order chi connectivity index (χ0) is 13.1. The number of rotatable bonds is 4. The molecule has 0 atom stereocenters. The lowest BCUT2D eigenvalue weighted by atomic mass is 9.97. The van der Waals surface area contributed by atoms with E-state index in [1.54, 1.807) is 12.4 Å². The van der Waals surface area contributed by atoms with Crippen LogP contribution in [0.3, 0.4) is 0 Å². The molecule has 5 heteroatoms. The Morgan fingerprint density at radius 3 is 2.58 bits per heavy atom. The molecule has 0 aromatic carbocycles. The number of hydrogen-bond donors (Lipinski definition) is 1. The summed E-state index contributed by atoms with van der Waals surface area (Å²) in [5, 5.41) is 12.2. The average molecular weight is 257 g/mol. The highest BCUT2D eigenvalue weighted by Crippen LogP contribution is 2.32. The molecule has 100 valence electrons. The van der Waals surface area contributed by atoms with Gasteiger partial charge in [0.2, 0.25) is 0 Å². The monoisotopic (exact) mass is 257 g/mol. The van der Waals surface area contributed by atoms with Crippen LogP contribution in [0.1, 0.15) is 31.4 Å². The molecule has 0 amide bonds. The molecule has 3 rings (SSSR count). The van der Waals surface area contributed by atoms with E-state index in [0.29, 0.717) is 11.7 Å². The summed E-state index contributed by atoms with van der Waals surface area (Å²) in [6.07, 6.45) is 8.32. The Hall–Kier alpha value is -1.67. The van der Waals surface area contributed by atoms with Crippen LogP contribution in [0.5, 0.6) is 0 Å². The first-order valence-corrected chi connectivity index (χ1v) is 7.06. The first kappa shape index (κ1) is 12.4. The number of aromatic nitrogens is 2. The minimum atomic E-state index is 0.390. The summed E-state index contributed by atoms with van der Waals surface area (Å²) in [6.45, 7) is 3.33. The number of piperidine rings is 1. The maximum absolute atomic E-state index is 8.78. The lowest BCUT2D eigenvalue weighted by Crippen LogP contribution is -2.37. The van der Waals surface area contributed by atoms with Gasteiger partial charge in [-0.3, -0.25) is 0 Å². The van der Waals surface area contributed by atoms with Gasteiger partial charge in [-0.15, -0.1) is 0 Å². The summed E-state index contributed by atoms with van der Waals surface area (Å²) in [5.41, 5.74) is 0.390. The van der Waals surface area contributed by atoms with Crippen molar-refractivity contribution in [2.24, 2.45) is 5.92 Å². The Balaban J connectivity index is 1.70. The molecule has 1 aromatic rings. The Morgan fingerprint density at radius 2 is 2.00 bits per heavy atom. The number of nitrogens with one attached hydrogen (secondary N) is 1. The van der Waals surface area contributed by atoms with Crippen molar-refractivity contribution in [3.8, 4) is 6.07 Å². The fourth-order valence-corrected chi connectivity index (χ4v) is 2.69. The number of anilines is 1. The van der Waals surface area contributed by atoms with E-state index in [0.717, 1.165) is 31.4 Å². The minimum Gasteiger partial charge on any atom is -0.352 e. The number of nitriles is 1. The molecule has 0 unspecified atom stereocenters. The van der Waals surface area contributed by atoms with Crippen LogP contribution in [-0.2, 0) is 0 Å². The van der Waals surface area contributed by atoms with Gasteiger partial charge in [-0.25, -0.2) is 9.97 Å². The molecule has 1 aromatic heterocycles. The van der Waals surface area contributed by atoms with Crippen LogP contribution < -0.4 is 10.2 Å². The van der Waals surface area contributed by atoms with Gasteiger partial charge in [0.15, 0.2) is 5.69 Å². The van der Waals surface area contributed by atoms with Gasteiger partial charge in [0.1, 0.15) is 11.9 Å².